The molecule has 4 rings (SSSR count). The Labute approximate surface area is 248 Å². The average molecular weight is 598 g/mol. The Balaban J connectivity index is 1.49. The molecule has 0 saturated carbocycles. The Hall–Kier alpha value is -4.46. The van der Waals surface area contributed by atoms with E-state index in [0.29, 0.717) is 50.1 Å². The van der Waals surface area contributed by atoms with E-state index in [1.54, 1.807) is 9.80 Å². The number of methoxy groups -OCH3 is 1. The maximum absolute atomic E-state index is 13.5. The minimum atomic E-state index is -0.934. The number of rotatable bonds is 15. The second-order valence-electron chi connectivity index (χ2n) is 10.6. The lowest BCUT2D eigenvalue weighted by atomic mass is 10.1. The number of carbonyl (C=O) groups is 3. The van der Waals surface area contributed by atoms with E-state index in [-0.39, 0.29) is 49.8 Å². The summed E-state index contributed by atoms with van der Waals surface area (Å²) in [4.78, 5) is 64.2. The minimum Gasteiger partial charge on any atom is -0.480 e. The van der Waals surface area contributed by atoms with Crippen molar-refractivity contribution in [2.45, 2.75) is 64.6 Å². The van der Waals surface area contributed by atoms with Crippen LogP contribution in [0.25, 0.3) is 11.2 Å². The number of nitrogens with zero attached hydrogens (tertiary/aromatic N) is 5. The van der Waals surface area contributed by atoms with Crippen LogP contribution in [0.15, 0.2) is 29.1 Å². The number of fused-ring (bicyclic) bond motifs is 1. The standard InChI is InChI=1S/C29H39N7O7/c1-3-4-15-43-28-32-25(30)24-26(33-28)36(29(41)31-24)14-6-13-35(22(37)18-34-12-5-7-21(34)27(39)40)17-20-10-8-19(9-11-20)16-23(38)42-2/h8-11,21H,3-7,12-18H2,1-2H3,(H,31,41)(H,39,40)(H2,30,32,33). The van der Waals surface area contributed by atoms with E-state index in [4.69, 9.17) is 15.2 Å². The van der Waals surface area contributed by atoms with Crippen molar-refractivity contribution >= 4 is 34.8 Å². The molecule has 232 valence electrons. The third-order valence-corrected chi connectivity index (χ3v) is 7.48. The van der Waals surface area contributed by atoms with Gasteiger partial charge in [0, 0.05) is 19.6 Å². The molecular formula is C29H39N7O7. The fraction of sp³-hybridized carbons (Fsp3) is 0.517. The second kappa shape index (κ2) is 14.6. The lowest BCUT2D eigenvalue weighted by molar-refractivity contribution is -0.143. The highest BCUT2D eigenvalue weighted by Gasteiger charge is 2.32. The van der Waals surface area contributed by atoms with Crippen LogP contribution < -0.4 is 16.2 Å². The number of benzene rings is 1. The molecule has 1 aliphatic heterocycles. The fourth-order valence-electron chi connectivity index (χ4n) is 5.11. The van der Waals surface area contributed by atoms with Gasteiger partial charge in [-0.2, -0.15) is 9.97 Å². The van der Waals surface area contributed by atoms with Crippen LogP contribution in [0, 0.1) is 0 Å². The van der Waals surface area contributed by atoms with Gasteiger partial charge in [-0.25, -0.2) is 4.79 Å². The number of nitrogens with one attached hydrogen (secondary N) is 1. The van der Waals surface area contributed by atoms with Gasteiger partial charge in [0.15, 0.2) is 11.5 Å². The summed E-state index contributed by atoms with van der Waals surface area (Å²) in [6.07, 6.45) is 3.53. The number of likely N-dealkylation sites (tertiary alicyclic amines) is 1. The number of nitrogens with two attached hydrogens (primary N) is 1. The molecule has 43 heavy (non-hydrogen) atoms. The zero-order valence-corrected chi connectivity index (χ0v) is 24.6. The van der Waals surface area contributed by atoms with E-state index in [2.05, 4.69) is 15.0 Å². The lowest BCUT2D eigenvalue weighted by Gasteiger charge is -2.27. The minimum absolute atomic E-state index is 0.0212. The highest BCUT2D eigenvalue weighted by molar-refractivity contribution is 5.82. The number of aromatic amines is 1. The largest absolute Gasteiger partial charge is 0.480 e. The number of imidazole rings is 1. The van der Waals surface area contributed by atoms with Crippen molar-refractivity contribution in [2.75, 3.05) is 39.1 Å². The van der Waals surface area contributed by atoms with Crippen LogP contribution in [0.2, 0.25) is 0 Å². The molecule has 1 aromatic carbocycles. The number of aromatic nitrogens is 4. The van der Waals surface area contributed by atoms with E-state index < -0.39 is 17.7 Å². The summed E-state index contributed by atoms with van der Waals surface area (Å²) in [6.45, 7) is 3.79. The Bertz CT molecular complexity index is 1480. The van der Waals surface area contributed by atoms with Gasteiger partial charge < -0.3 is 30.2 Å². The van der Waals surface area contributed by atoms with Crippen molar-refractivity contribution in [3.63, 3.8) is 0 Å². The molecule has 14 nitrogen and oxygen atoms in total. The third-order valence-electron chi connectivity index (χ3n) is 7.48. The number of hydrogen-bond donors (Lipinski definition) is 3. The number of esters is 1. The number of aliphatic carboxylic acids is 1. The highest BCUT2D eigenvalue weighted by Crippen LogP contribution is 2.20. The molecule has 14 heteroatoms. The number of unbranched alkanes of at least 4 members (excludes halogenated alkanes) is 1. The zero-order chi connectivity index (χ0) is 30.9. The number of hydrogen-bond acceptors (Lipinski definition) is 10. The third kappa shape index (κ3) is 8.09. The Kier molecular flexibility index (Phi) is 10.7. The first-order valence-electron chi connectivity index (χ1n) is 14.5. The monoisotopic (exact) mass is 597 g/mol. The van der Waals surface area contributed by atoms with Gasteiger partial charge >= 0.3 is 23.6 Å². The SMILES string of the molecule is CCCCOc1nc(N)c2[nH]c(=O)n(CCCN(Cc3ccc(CC(=O)OC)cc3)C(=O)CN3CCCC3C(=O)O)c2n1. The van der Waals surface area contributed by atoms with Gasteiger partial charge in [0.25, 0.3) is 0 Å². The summed E-state index contributed by atoms with van der Waals surface area (Å²) in [5.74, 6) is -1.38. The van der Waals surface area contributed by atoms with Crippen LogP contribution in [-0.2, 0) is 38.6 Å². The van der Waals surface area contributed by atoms with E-state index in [0.717, 1.165) is 24.0 Å². The predicted molar refractivity (Wildman–Crippen MR) is 157 cm³/mol. The highest BCUT2D eigenvalue weighted by atomic mass is 16.5. The number of carboxylic acid groups (broad SMARTS) is 1. The maximum Gasteiger partial charge on any atom is 0.327 e. The molecule has 4 N–H and O–H groups in total. The van der Waals surface area contributed by atoms with Gasteiger partial charge in [-0.3, -0.25) is 23.9 Å². The normalized spacial score (nSPS) is 15.1. The molecule has 1 saturated heterocycles. The molecule has 1 atom stereocenters. The molecule has 1 amide bonds. The van der Waals surface area contributed by atoms with E-state index in [9.17, 15) is 24.3 Å². The van der Waals surface area contributed by atoms with Crippen LogP contribution >= 0.6 is 0 Å². The summed E-state index contributed by atoms with van der Waals surface area (Å²) >= 11 is 0. The van der Waals surface area contributed by atoms with E-state index in [1.165, 1.54) is 11.7 Å². The number of ether oxygens (including phenoxy) is 2. The van der Waals surface area contributed by atoms with Crippen LogP contribution in [0.3, 0.4) is 0 Å². The molecule has 0 radical (unpaired) electrons. The van der Waals surface area contributed by atoms with Crippen LogP contribution in [-0.4, -0.2) is 91.7 Å². The van der Waals surface area contributed by atoms with Gasteiger partial charge in [0.2, 0.25) is 5.91 Å². The summed E-state index contributed by atoms with van der Waals surface area (Å²) in [7, 11) is 1.34. The molecule has 0 bridgehead atoms. The Morgan fingerprint density at radius 2 is 1.91 bits per heavy atom. The predicted octanol–water partition coefficient (Wildman–Crippen LogP) is 1.56. The molecular weight excluding hydrogens is 558 g/mol. The molecule has 3 heterocycles. The fourth-order valence-corrected chi connectivity index (χ4v) is 5.11. The van der Waals surface area contributed by atoms with Gasteiger partial charge in [-0.1, -0.05) is 37.6 Å². The Morgan fingerprint density at radius 3 is 2.60 bits per heavy atom. The zero-order valence-electron chi connectivity index (χ0n) is 24.6. The molecule has 0 aliphatic carbocycles. The van der Waals surface area contributed by atoms with Gasteiger partial charge in [-0.05, 0) is 43.4 Å². The summed E-state index contributed by atoms with van der Waals surface area (Å²) in [5.41, 5.74) is 7.93. The first kappa shape index (κ1) is 31.5. The molecule has 1 aliphatic rings. The summed E-state index contributed by atoms with van der Waals surface area (Å²) in [5, 5.41) is 9.57. The van der Waals surface area contributed by atoms with Gasteiger partial charge in [0.1, 0.15) is 11.6 Å². The van der Waals surface area contributed by atoms with Crippen molar-refractivity contribution in [1.82, 2.24) is 29.3 Å². The number of H-pyrrole nitrogens is 1. The van der Waals surface area contributed by atoms with Crippen LogP contribution in [0.1, 0.15) is 50.2 Å². The number of aryl methyl sites for hydroxylation is 1. The second-order valence-corrected chi connectivity index (χ2v) is 10.6. The van der Waals surface area contributed by atoms with Crippen molar-refractivity contribution < 1.29 is 29.0 Å². The van der Waals surface area contributed by atoms with Crippen molar-refractivity contribution in [1.29, 1.82) is 0 Å². The maximum atomic E-state index is 13.5. The van der Waals surface area contributed by atoms with Crippen LogP contribution in [0.5, 0.6) is 6.01 Å². The molecule has 3 aromatic rings. The first-order valence-corrected chi connectivity index (χ1v) is 14.5. The smallest absolute Gasteiger partial charge is 0.327 e. The average Bonchev–Trinajstić information content (AvgIpc) is 3.58. The quantitative estimate of drug-likeness (QED) is 0.170. The number of amides is 1. The van der Waals surface area contributed by atoms with E-state index in [1.807, 2.05) is 31.2 Å². The number of carboxylic acids is 1. The molecule has 2 aromatic heterocycles. The van der Waals surface area contributed by atoms with Gasteiger partial charge in [0.05, 0.1) is 26.7 Å². The first-order chi connectivity index (χ1) is 20.7. The van der Waals surface area contributed by atoms with Crippen LogP contribution in [0.4, 0.5) is 5.82 Å². The molecule has 0 spiro atoms. The number of nitrogen functional groups attached to an aromatic ring is 1. The lowest BCUT2D eigenvalue weighted by Crippen LogP contribution is -2.44. The summed E-state index contributed by atoms with van der Waals surface area (Å²) in [6, 6.07) is 6.72. The molecule has 1 unspecified atom stereocenters. The van der Waals surface area contributed by atoms with E-state index >= 15 is 0 Å². The van der Waals surface area contributed by atoms with Crippen molar-refractivity contribution in [2.24, 2.45) is 0 Å². The van der Waals surface area contributed by atoms with Crippen molar-refractivity contribution in [3.8, 4) is 6.01 Å². The number of carbonyl (C=O) groups excluding carboxylic acids is 2. The topological polar surface area (TPSA) is 186 Å². The van der Waals surface area contributed by atoms with Crippen molar-refractivity contribution in [3.05, 3.63) is 45.9 Å². The number of anilines is 1. The summed E-state index contributed by atoms with van der Waals surface area (Å²) < 4.78 is 11.8. The molecule has 1 fully saturated rings. The Morgan fingerprint density at radius 1 is 1.16 bits per heavy atom. The van der Waals surface area contributed by atoms with Gasteiger partial charge in [-0.15, -0.1) is 0 Å².